The molecule has 1 aliphatic carbocycles. The normalized spacial score (nSPS) is 13.6. The van der Waals surface area contributed by atoms with E-state index in [0.29, 0.717) is 0 Å². The number of hydrogen-bond donors (Lipinski definition) is 0. The minimum Gasteiger partial charge on any atom is -0.0942 e. The van der Waals surface area contributed by atoms with Crippen LogP contribution in [0.5, 0.6) is 0 Å². The van der Waals surface area contributed by atoms with Gasteiger partial charge in [0.2, 0.25) is 0 Å². The summed E-state index contributed by atoms with van der Waals surface area (Å²) in [5.41, 5.74) is 23.4. The van der Waals surface area contributed by atoms with E-state index in [0.717, 1.165) is 5.57 Å². The van der Waals surface area contributed by atoms with Crippen molar-refractivity contribution < 1.29 is 0 Å². The van der Waals surface area contributed by atoms with Crippen molar-refractivity contribution >= 4 is 17.2 Å². The Labute approximate surface area is 331 Å². The van der Waals surface area contributed by atoms with E-state index in [9.17, 15) is 0 Å². The fraction of sp³-hybridized carbons (Fsp3) is 0.0714. The first-order chi connectivity index (χ1) is 27.4. The zero-order valence-corrected chi connectivity index (χ0v) is 32.3. The highest BCUT2D eigenvalue weighted by atomic mass is 14.4. The van der Waals surface area contributed by atoms with E-state index < -0.39 is 0 Å². The molecule has 0 radical (unpaired) electrons. The maximum Gasteiger partial charge on any atom is 0.0355 e. The van der Waals surface area contributed by atoms with Crippen molar-refractivity contribution in [3.63, 3.8) is 0 Å². The predicted molar refractivity (Wildman–Crippen MR) is 240 cm³/mol. The zero-order valence-electron chi connectivity index (χ0n) is 32.3. The molecular formula is C56H44. The summed E-state index contributed by atoms with van der Waals surface area (Å²) in [6.07, 6.45) is 2.45. The average Bonchev–Trinajstić information content (AvgIpc) is 3.25. The van der Waals surface area contributed by atoms with E-state index in [4.69, 9.17) is 6.58 Å². The van der Waals surface area contributed by atoms with Crippen molar-refractivity contribution in [2.24, 2.45) is 0 Å². The molecule has 0 amide bonds. The lowest BCUT2D eigenvalue weighted by molar-refractivity contribution is 1.09. The molecular weight excluding hydrogens is 673 g/mol. The number of hydrogen-bond acceptors (Lipinski definition) is 0. The zero-order chi connectivity index (χ0) is 38.2. The molecule has 0 aromatic heterocycles. The van der Waals surface area contributed by atoms with Crippen LogP contribution in [0.25, 0.3) is 72.9 Å². The molecule has 0 heteroatoms. The van der Waals surface area contributed by atoms with Gasteiger partial charge in [0, 0.05) is 5.92 Å². The Bertz CT molecular complexity index is 2780. The quantitative estimate of drug-likeness (QED) is 0.154. The molecule has 268 valence electrons. The Morgan fingerprint density at radius 1 is 0.357 bits per heavy atom. The van der Waals surface area contributed by atoms with E-state index in [2.05, 4.69) is 215 Å². The summed E-state index contributed by atoms with van der Waals surface area (Å²) in [5.74, 6) is -0.0884. The molecule has 1 unspecified atom stereocenters. The van der Waals surface area contributed by atoms with Gasteiger partial charge < -0.3 is 0 Å². The highest BCUT2D eigenvalue weighted by Gasteiger charge is 2.32. The third-order valence-electron chi connectivity index (χ3n) is 11.6. The van der Waals surface area contributed by atoms with Crippen molar-refractivity contribution in [2.45, 2.75) is 26.7 Å². The molecule has 56 heavy (non-hydrogen) atoms. The van der Waals surface area contributed by atoms with Crippen molar-refractivity contribution in [1.29, 1.82) is 0 Å². The van der Waals surface area contributed by atoms with E-state index in [1.807, 2.05) is 0 Å². The van der Waals surface area contributed by atoms with Gasteiger partial charge in [-0.25, -0.2) is 0 Å². The molecule has 8 aromatic carbocycles. The second-order valence-electron chi connectivity index (χ2n) is 15.1. The van der Waals surface area contributed by atoms with Gasteiger partial charge in [-0.3, -0.25) is 0 Å². The Morgan fingerprint density at radius 2 is 0.804 bits per heavy atom. The molecule has 0 nitrogen and oxygen atoms in total. The molecule has 1 atom stereocenters. The van der Waals surface area contributed by atoms with E-state index in [-0.39, 0.29) is 5.92 Å². The first-order valence-electron chi connectivity index (χ1n) is 19.6. The van der Waals surface area contributed by atoms with Crippen LogP contribution in [0.2, 0.25) is 0 Å². The average molecular weight is 717 g/mol. The first kappa shape index (κ1) is 35.0. The van der Waals surface area contributed by atoms with E-state index in [1.165, 1.54) is 100 Å². The summed E-state index contributed by atoms with van der Waals surface area (Å²) in [6.45, 7) is 11.8. The van der Waals surface area contributed by atoms with Gasteiger partial charge in [-0.15, -0.1) is 0 Å². The smallest absolute Gasteiger partial charge is 0.0355 e. The Balaban J connectivity index is 1.28. The van der Waals surface area contributed by atoms with Gasteiger partial charge in [0.05, 0.1) is 0 Å². The third-order valence-corrected chi connectivity index (χ3v) is 11.6. The second-order valence-corrected chi connectivity index (χ2v) is 15.1. The van der Waals surface area contributed by atoms with Crippen molar-refractivity contribution in [2.75, 3.05) is 0 Å². The van der Waals surface area contributed by atoms with Crippen LogP contribution < -0.4 is 0 Å². The van der Waals surface area contributed by atoms with Crippen molar-refractivity contribution in [3.8, 4) is 55.6 Å². The first-order valence-corrected chi connectivity index (χ1v) is 19.6. The largest absolute Gasteiger partial charge is 0.0942 e. The number of allylic oxidation sites excluding steroid dienone is 2. The van der Waals surface area contributed by atoms with E-state index >= 15 is 0 Å². The van der Waals surface area contributed by atoms with Gasteiger partial charge in [-0.05, 0) is 151 Å². The SMILES string of the molecule is C=C1c2ccc(-c3ccccc3)cc2C=C(c2cccc(-c3cccc(-c4ccccc4)c3)c2)C1c1c(-c2ccccc2C)ccc(-c2ccccc2C)c1C. The molecule has 0 saturated heterocycles. The highest BCUT2D eigenvalue weighted by molar-refractivity contribution is 6.03. The minimum atomic E-state index is -0.0884. The molecule has 8 aromatic rings. The fourth-order valence-corrected chi connectivity index (χ4v) is 8.72. The van der Waals surface area contributed by atoms with Crippen LogP contribution in [0.3, 0.4) is 0 Å². The van der Waals surface area contributed by atoms with Crippen LogP contribution in [0.1, 0.15) is 44.9 Å². The molecule has 0 saturated carbocycles. The summed E-state index contributed by atoms with van der Waals surface area (Å²) in [5, 5.41) is 0. The lowest BCUT2D eigenvalue weighted by Crippen LogP contribution is -2.13. The predicted octanol–water partition coefficient (Wildman–Crippen LogP) is 15.3. The monoisotopic (exact) mass is 716 g/mol. The number of benzene rings is 8. The van der Waals surface area contributed by atoms with Gasteiger partial charge in [-0.2, -0.15) is 0 Å². The molecule has 0 aliphatic heterocycles. The maximum atomic E-state index is 4.99. The Kier molecular flexibility index (Phi) is 9.25. The molecule has 0 spiro atoms. The summed E-state index contributed by atoms with van der Waals surface area (Å²) in [6, 6.07) is 68.5. The van der Waals surface area contributed by atoms with Crippen molar-refractivity contribution in [1.82, 2.24) is 0 Å². The number of aryl methyl sites for hydroxylation is 2. The van der Waals surface area contributed by atoms with Gasteiger partial charge in [0.15, 0.2) is 0 Å². The van der Waals surface area contributed by atoms with Crippen LogP contribution in [-0.4, -0.2) is 0 Å². The van der Waals surface area contributed by atoms with Crippen LogP contribution in [0.15, 0.2) is 195 Å². The Hall–Kier alpha value is -6.76. The summed E-state index contributed by atoms with van der Waals surface area (Å²) < 4.78 is 0. The van der Waals surface area contributed by atoms with E-state index in [1.54, 1.807) is 0 Å². The lowest BCUT2D eigenvalue weighted by Gasteiger charge is -2.33. The minimum absolute atomic E-state index is 0.0884. The number of fused-ring (bicyclic) bond motifs is 1. The lowest BCUT2D eigenvalue weighted by atomic mass is 9.69. The fourth-order valence-electron chi connectivity index (χ4n) is 8.72. The summed E-state index contributed by atoms with van der Waals surface area (Å²) >= 11 is 0. The van der Waals surface area contributed by atoms with Crippen LogP contribution >= 0.6 is 0 Å². The maximum absolute atomic E-state index is 4.99. The Morgan fingerprint density at radius 3 is 1.41 bits per heavy atom. The second kappa shape index (κ2) is 14.8. The van der Waals surface area contributed by atoms with Crippen LogP contribution in [0, 0.1) is 20.8 Å². The molecule has 1 aliphatic rings. The molecule has 9 rings (SSSR count). The molecule has 0 N–H and O–H groups in total. The highest BCUT2D eigenvalue weighted by Crippen LogP contribution is 2.53. The molecule has 0 bridgehead atoms. The van der Waals surface area contributed by atoms with Crippen LogP contribution in [-0.2, 0) is 0 Å². The molecule has 0 heterocycles. The number of rotatable bonds is 7. The van der Waals surface area contributed by atoms with Crippen LogP contribution in [0.4, 0.5) is 0 Å². The van der Waals surface area contributed by atoms with Crippen molar-refractivity contribution in [3.05, 3.63) is 234 Å². The van der Waals surface area contributed by atoms with Gasteiger partial charge >= 0.3 is 0 Å². The summed E-state index contributed by atoms with van der Waals surface area (Å²) in [4.78, 5) is 0. The van der Waals surface area contributed by atoms with Gasteiger partial charge in [-0.1, -0.05) is 176 Å². The van der Waals surface area contributed by atoms with Gasteiger partial charge in [0.1, 0.15) is 0 Å². The topological polar surface area (TPSA) is 0 Å². The standard InChI is InChI=1S/C56H44/c1-37-17-11-13-27-49(37)52-31-32-53(50-28-14-12-18-38(50)2)55(40(52)4)56-39(3)51-30-29-46(42-21-9-6-10-22-42)35-48(51)36-54(56)47-26-16-25-45(34-47)44-24-15-23-43(33-44)41-19-7-5-8-20-41/h5-36,56H,3H2,1-2,4H3. The summed E-state index contributed by atoms with van der Waals surface area (Å²) in [7, 11) is 0. The third kappa shape index (κ3) is 6.44. The molecule has 0 fully saturated rings. The van der Waals surface area contributed by atoms with Gasteiger partial charge in [0.25, 0.3) is 0 Å².